The Bertz CT molecular complexity index is 439. The van der Waals surface area contributed by atoms with Crippen molar-refractivity contribution < 1.29 is 9.53 Å². The van der Waals surface area contributed by atoms with Crippen LogP contribution in [0.3, 0.4) is 0 Å². The number of rotatable bonds is 3. The largest absolute Gasteiger partial charge is 0.381 e. The molecule has 0 aromatic heterocycles. The average molecular weight is 275 g/mol. The summed E-state index contributed by atoms with van der Waals surface area (Å²) in [7, 11) is 0. The van der Waals surface area contributed by atoms with E-state index in [4.69, 9.17) is 4.74 Å². The maximum absolute atomic E-state index is 12.1. The molecule has 1 aliphatic heterocycles. The summed E-state index contributed by atoms with van der Waals surface area (Å²) < 4.78 is 5.32. The normalized spacial score (nSPS) is 16.9. The third kappa shape index (κ3) is 4.07. The molecule has 0 bridgehead atoms. The van der Waals surface area contributed by atoms with E-state index in [1.807, 2.05) is 24.3 Å². The summed E-state index contributed by atoms with van der Waals surface area (Å²) in [6.45, 7) is 8.92. The molecule has 1 aliphatic rings. The molecule has 2 rings (SSSR count). The van der Waals surface area contributed by atoms with Crippen molar-refractivity contribution in [2.75, 3.05) is 19.8 Å². The first kappa shape index (κ1) is 15.0. The Morgan fingerprint density at radius 2 is 1.80 bits per heavy atom. The number of hydrogen-bond acceptors (Lipinski definition) is 2. The fourth-order valence-corrected chi connectivity index (χ4v) is 2.41. The quantitative estimate of drug-likeness (QED) is 0.920. The molecule has 0 aliphatic carbocycles. The van der Waals surface area contributed by atoms with Crippen LogP contribution < -0.4 is 5.32 Å². The van der Waals surface area contributed by atoms with Gasteiger partial charge >= 0.3 is 0 Å². The first-order chi connectivity index (χ1) is 9.47. The maximum Gasteiger partial charge on any atom is 0.251 e. The lowest BCUT2D eigenvalue weighted by atomic mass is 9.86. The van der Waals surface area contributed by atoms with Gasteiger partial charge in [0.05, 0.1) is 0 Å². The Morgan fingerprint density at radius 3 is 2.35 bits per heavy atom. The second kappa shape index (κ2) is 6.40. The maximum atomic E-state index is 12.1. The monoisotopic (exact) mass is 275 g/mol. The second-order valence-electron chi connectivity index (χ2n) is 6.59. The number of carbonyl (C=O) groups excluding carboxylic acids is 1. The van der Waals surface area contributed by atoms with Crippen molar-refractivity contribution in [1.82, 2.24) is 5.32 Å². The van der Waals surface area contributed by atoms with Gasteiger partial charge in [-0.2, -0.15) is 0 Å². The first-order valence-electron chi connectivity index (χ1n) is 7.43. The van der Waals surface area contributed by atoms with Crippen molar-refractivity contribution in [1.29, 1.82) is 0 Å². The van der Waals surface area contributed by atoms with E-state index in [2.05, 4.69) is 26.1 Å². The van der Waals surface area contributed by atoms with E-state index in [1.165, 1.54) is 5.56 Å². The Morgan fingerprint density at radius 1 is 1.20 bits per heavy atom. The van der Waals surface area contributed by atoms with Crippen molar-refractivity contribution in [3.8, 4) is 0 Å². The first-order valence-corrected chi connectivity index (χ1v) is 7.43. The minimum Gasteiger partial charge on any atom is -0.381 e. The molecule has 20 heavy (non-hydrogen) atoms. The van der Waals surface area contributed by atoms with Crippen LogP contribution in [0.1, 0.15) is 49.5 Å². The molecular weight excluding hydrogens is 250 g/mol. The van der Waals surface area contributed by atoms with Crippen LogP contribution in [0.5, 0.6) is 0 Å². The summed E-state index contributed by atoms with van der Waals surface area (Å²) in [4.78, 5) is 12.1. The van der Waals surface area contributed by atoms with E-state index < -0.39 is 0 Å². The molecule has 1 fully saturated rings. The molecule has 1 heterocycles. The van der Waals surface area contributed by atoms with E-state index in [9.17, 15) is 4.79 Å². The fraction of sp³-hybridized carbons (Fsp3) is 0.588. The van der Waals surface area contributed by atoms with Crippen molar-refractivity contribution in [2.45, 2.75) is 39.0 Å². The molecule has 0 spiro atoms. The summed E-state index contributed by atoms with van der Waals surface area (Å²) in [5.74, 6) is 0.582. The number of benzene rings is 1. The molecule has 1 aromatic carbocycles. The minimum absolute atomic E-state index is 0.0250. The van der Waals surface area contributed by atoms with E-state index in [1.54, 1.807) is 0 Å². The molecule has 1 saturated heterocycles. The zero-order valence-corrected chi connectivity index (χ0v) is 12.7. The lowest BCUT2D eigenvalue weighted by molar-refractivity contribution is 0.0642. The number of nitrogens with one attached hydrogen (secondary N) is 1. The van der Waals surface area contributed by atoms with Crippen LogP contribution in [0.4, 0.5) is 0 Å². The van der Waals surface area contributed by atoms with Crippen molar-refractivity contribution in [2.24, 2.45) is 5.92 Å². The highest BCUT2D eigenvalue weighted by Crippen LogP contribution is 2.22. The van der Waals surface area contributed by atoms with Crippen LogP contribution in [0.2, 0.25) is 0 Å². The van der Waals surface area contributed by atoms with Gasteiger partial charge in [0, 0.05) is 25.3 Å². The highest BCUT2D eigenvalue weighted by Gasteiger charge is 2.16. The highest BCUT2D eigenvalue weighted by molar-refractivity contribution is 5.94. The van der Waals surface area contributed by atoms with Crippen LogP contribution in [0, 0.1) is 5.92 Å². The molecule has 3 nitrogen and oxygen atoms in total. The molecule has 0 radical (unpaired) electrons. The Hall–Kier alpha value is -1.35. The van der Waals surface area contributed by atoms with E-state index in [-0.39, 0.29) is 11.3 Å². The standard InChI is InChI=1S/C17H25NO2/c1-17(2,3)15-6-4-14(5-7-15)16(19)18-12-13-8-10-20-11-9-13/h4-7,13H,8-12H2,1-3H3,(H,18,19). The van der Waals surface area contributed by atoms with Crippen LogP contribution in [0.25, 0.3) is 0 Å². The van der Waals surface area contributed by atoms with Gasteiger partial charge in [-0.3, -0.25) is 4.79 Å². The molecule has 0 saturated carbocycles. The third-order valence-electron chi connectivity index (χ3n) is 3.91. The molecule has 110 valence electrons. The lowest BCUT2D eigenvalue weighted by Crippen LogP contribution is -2.32. The topological polar surface area (TPSA) is 38.3 Å². The van der Waals surface area contributed by atoms with Gasteiger partial charge in [0.2, 0.25) is 0 Å². The third-order valence-corrected chi connectivity index (χ3v) is 3.91. The van der Waals surface area contributed by atoms with Gasteiger partial charge in [-0.15, -0.1) is 0 Å². The Kier molecular flexibility index (Phi) is 4.81. The van der Waals surface area contributed by atoms with Gasteiger partial charge in [-0.25, -0.2) is 0 Å². The van der Waals surface area contributed by atoms with Crippen LogP contribution >= 0.6 is 0 Å². The van der Waals surface area contributed by atoms with Crippen molar-refractivity contribution >= 4 is 5.91 Å². The number of carbonyl (C=O) groups is 1. The zero-order valence-electron chi connectivity index (χ0n) is 12.7. The molecule has 1 aromatic rings. The fourth-order valence-electron chi connectivity index (χ4n) is 2.41. The molecule has 0 atom stereocenters. The van der Waals surface area contributed by atoms with Gasteiger partial charge < -0.3 is 10.1 Å². The van der Waals surface area contributed by atoms with Crippen LogP contribution in [-0.4, -0.2) is 25.7 Å². The number of hydrogen-bond donors (Lipinski definition) is 1. The number of amides is 1. The van der Waals surface area contributed by atoms with Gasteiger partial charge in [-0.1, -0.05) is 32.9 Å². The van der Waals surface area contributed by atoms with Crippen LogP contribution in [-0.2, 0) is 10.2 Å². The summed E-state index contributed by atoms with van der Waals surface area (Å²) in [5, 5.41) is 3.03. The SMILES string of the molecule is CC(C)(C)c1ccc(C(=O)NCC2CCOCC2)cc1. The average Bonchev–Trinajstić information content (AvgIpc) is 2.45. The van der Waals surface area contributed by atoms with Gasteiger partial charge in [0.1, 0.15) is 0 Å². The lowest BCUT2D eigenvalue weighted by Gasteiger charge is -2.22. The predicted octanol–water partition coefficient (Wildman–Crippen LogP) is 3.14. The Labute approximate surface area is 121 Å². The molecular formula is C17H25NO2. The molecule has 1 amide bonds. The van der Waals surface area contributed by atoms with Gasteiger partial charge in [-0.05, 0) is 41.9 Å². The Balaban J connectivity index is 1.89. The summed E-state index contributed by atoms with van der Waals surface area (Å²) in [6, 6.07) is 7.92. The molecule has 0 unspecified atom stereocenters. The predicted molar refractivity (Wildman–Crippen MR) is 81.0 cm³/mol. The molecule has 1 N–H and O–H groups in total. The zero-order chi connectivity index (χ0) is 14.6. The minimum atomic E-state index is 0.0250. The number of ether oxygens (including phenoxy) is 1. The van der Waals surface area contributed by atoms with Gasteiger partial charge in [0.15, 0.2) is 0 Å². The second-order valence-corrected chi connectivity index (χ2v) is 6.59. The smallest absolute Gasteiger partial charge is 0.251 e. The van der Waals surface area contributed by atoms with E-state index >= 15 is 0 Å². The van der Waals surface area contributed by atoms with E-state index in [0.29, 0.717) is 5.92 Å². The van der Waals surface area contributed by atoms with Crippen molar-refractivity contribution in [3.63, 3.8) is 0 Å². The summed E-state index contributed by atoms with van der Waals surface area (Å²) in [6.07, 6.45) is 2.09. The highest BCUT2D eigenvalue weighted by atomic mass is 16.5. The molecule has 3 heteroatoms. The summed E-state index contributed by atoms with van der Waals surface area (Å²) >= 11 is 0. The summed E-state index contributed by atoms with van der Waals surface area (Å²) in [5.41, 5.74) is 2.11. The van der Waals surface area contributed by atoms with E-state index in [0.717, 1.165) is 38.2 Å². The van der Waals surface area contributed by atoms with Gasteiger partial charge in [0.25, 0.3) is 5.91 Å². The van der Waals surface area contributed by atoms with Crippen LogP contribution in [0.15, 0.2) is 24.3 Å². The van der Waals surface area contributed by atoms with Crippen molar-refractivity contribution in [3.05, 3.63) is 35.4 Å².